The summed E-state index contributed by atoms with van der Waals surface area (Å²) < 4.78 is 6.34. The lowest BCUT2D eigenvalue weighted by Crippen LogP contribution is -2.23. The molecule has 0 aromatic carbocycles. The first-order valence-electron chi connectivity index (χ1n) is 16.2. The second kappa shape index (κ2) is 19.9. The molecule has 38 heavy (non-hydrogen) atoms. The van der Waals surface area contributed by atoms with E-state index in [9.17, 15) is 10.2 Å². The zero-order valence-electron chi connectivity index (χ0n) is 26.4. The second-order valence-corrected chi connectivity index (χ2v) is 12.7. The molecule has 4 atom stereocenters. The van der Waals surface area contributed by atoms with E-state index in [1.807, 2.05) is 6.92 Å². The number of unbranched alkanes of at least 4 members (excludes halogenated alkanes) is 7. The topological polar surface area (TPSA) is 49.7 Å². The third-order valence-corrected chi connectivity index (χ3v) is 8.63. The largest absolute Gasteiger partial charge is 0.493 e. The molecule has 0 radical (unpaired) electrons. The number of rotatable bonds is 22. The Morgan fingerprint density at radius 2 is 1.66 bits per heavy atom. The second-order valence-electron chi connectivity index (χ2n) is 12.7. The Morgan fingerprint density at radius 1 is 1.00 bits per heavy atom. The van der Waals surface area contributed by atoms with Crippen LogP contribution in [0.2, 0.25) is 0 Å². The van der Waals surface area contributed by atoms with Crippen molar-refractivity contribution in [3.63, 3.8) is 0 Å². The predicted molar refractivity (Wildman–Crippen MR) is 165 cm³/mol. The smallest absolute Gasteiger partial charge is 0.121 e. The van der Waals surface area contributed by atoms with Gasteiger partial charge in [0.2, 0.25) is 0 Å². The van der Waals surface area contributed by atoms with Gasteiger partial charge in [0.05, 0.1) is 18.3 Å². The van der Waals surface area contributed by atoms with Gasteiger partial charge in [0.1, 0.15) is 5.76 Å². The first-order valence-corrected chi connectivity index (χ1v) is 16.2. The lowest BCUT2D eigenvalue weighted by atomic mass is 9.84. The summed E-state index contributed by atoms with van der Waals surface area (Å²) in [5.41, 5.74) is 3.35. The standard InChI is InChI=1S/C35H64O3/c1-8-10-12-13-14-16-26-38-34-31(6)30(5)33(36)27-32(34)23-22-29(4)20-17-19-28(3)21-18-25-35(7,37)24-15-11-9-2/h21,27,29-30,33,36-37H,8-20,22-26H2,1-7H3. The van der Waals surface area contributed by atoms with Crippen LogP contribution < -0.4 is 0 Å². The first kappa shape index (κ1) is 35.0. The fourth-order valence-electron chi connectivity index (χ4n) is 5.49. The molecule has 2 N–H and O–H groups in total. The van der Waals surface area contributed by atoms with Crippen molar-refractivity contribution in [2.45, 2.75) is 169 Å². The first-order chi connectivity index (χ1) is 18.1. The molecule has 1 aliphatic rings. The average Bonchev–Trinajstić information content (AvgIpc) is 2.86. The molecule has 3 heteroatoms. The van der Waals surface area contributed by atoms with Crippen LogP contribution in [0, 0.1) is 11.8 Å². The van der Waals surface area contributed by atoms with Crippen LogP contribution in [0.15, 0.2) is 34.6 Å². The van der Waals surface area contributed by atoms with Crippen molar-refractivity contribution in [2.24, 2.45) is 11.8 Å². The zero-order valence-corrected chi connectivity index (χ0v) is 26.4. The summed E-state index contributed by atoms with van der Waals surface area (Å²) in [4.78, 5) is 0. The van der Waals surface area contributed by atoms with Crippen molar-refractivity contribution in [1.29, 1.82) is 0 Å². The van der Waals surface area contributed by atoms with Crippen molar-refractivity contribution in [1.82, 2.24) is 0 Å². The van der Waals surface area contributed by atoms with Crippen LogP contribution in [0.1, 0.15) is 158 Å². The van der Waals surface area contributed by atoms with Crippen LogP contribution in [0.4, 0.5) is 0 Å². The highest BCUT2D eigenvalue weighted by Gasteiger charge is 2.26. The van der Waals surface area contributed by atoms with E-state index in [4.69, 9.17) is 4.74 Å². The van der Waals surface area contributed by atoms with E-state index >= 15 is 0 Å². The molecule has 1 aliphatic carbocycles. The van der Waals surface area contributed by atoms with E-state index in [1.165, 1.54) is 74.5 Å². The molecule has 3 nitrogen and oxygen atoms in total. The Morgan fingerprint density at radius 3 is 2.37 bits per heavy atom. The molecular formula is C35H64O3. The zero-order chi connectivity index (χ0) is 28.4. The van der Waals surface area contributed by atoms with Crippen LogP contribution in [0.5, 0.6) is 0 Å². The van der Waals surface area contributed by atoms with E-state index in [0.29, 0.717) is 5.92 Å². The molecule has 0 saturated carbocycles. The summed E-state index contributed by atoms with van der Waals surface area (Å²) in [5.74, 6) is 1.85. The van der Waals surface area contributed by atoms with E-state index in [1.54, 1.807) is 0 Å². The van der Waals surface area contributed by atoms with Crippen molar-refractivity contribution in [3.05, 3.63) is 34.6 Å². The third-order valence-electron chi connectivity index (χ3n) is 8.63. The lowest BCUT2D eigenvalue weighted by Gasteiger charge is -2.29. The van der Waals surface area contributed by atoms with Gasteiger partial charge in [-0.25, -0.2) is 0 Å². The van der Waals surface area contributed by atoms with E-state index < -0.39 is 11.7 Å². The number of aliphatic hydroxyl groups is 2. The van der Waals surface area contributed by atoms with Gasteiger partial charge in [-0.1, -0.05) is 97.1 Å². The highest BCUT2D eigenvalue weighted by atomic mass is 16.5. The molecule has 0 aromatic heterocycles. The molecule has 0 saturated heterocycles. The molecule has 4 unspecified atom stereocenters. The van der Waals surface area contributed by atoms with Gasteiger partial charge in [-0.15, -0.1) is 0 Å². The van der Waals surface area contributed by atoms with E-state index in [-0.39, 0.29) is 5.92 Å². The molecule has 0 aromatic rings. The van der Waals surface area contributed by atoms with E-state index in [0.717, 1.165) is 63.7 Å². The normalized spacial score (nSPS) is 20.9. The quantitative estimate of drug-likeness (QED) is 0.108. The number of hydrogen-bond acceptors (Lipinski definition) is 3. The van der Waals surface area contributed by atoms with Crippen molar-refractivity contribution < 1.29 is 14.9 Å². The number of allylic oxidation sites excluding steroid dienone is 3. The van der Waals surface area contributed by atoms with Gasteiger partial charge in [0.15, 0.2) is 0 Å². The van der Waals surface area contributed by atoms with Gasteiger partial charge in [0, 0.05) is 5.92 Å². The minimum atomic E-state index is -0.524. The summed E-state index contributed by atoms with van der Waals surface area (Å²) in [6.07, 6.45) is 23.6. The molecule has 0 heterocycles. The number of aliphatic hydroxyl groups excluding tert-OH is 1. The number of hydrogen-bond donors (Lipinski definition) is 2. The minimum Gasteiger partial charge on any atom is -0.493 e. The van der Waals surface area contributed by atoms with Gasteiger partial charge < -0.3 is 14.9 Å². The summed E-state index contributed by atoms with van der Waals surface area (Å²) in [6.45, 7) is 16.1. The summed E-state index contributed by atoms with van der Waals surface area (Å²) in [5, 5.41) is 21.2. The van der Waals surface area contributed by atoms with Gasteiger partial charge in [0.25, 0.3) is 0 Å². The van der Waals surface area contributed by atoms with Crippen LogP contribution in [0.3, 0.4) is 0 Å². The molecule has 0 aliphatic heterocycles. The van der Waals surface area contributed by atoms with Crippen molar-refractivity contribution in [2.75, 3.05) is 6.61 Å². The highest BCUT2D eigenvalue weighted by molar-refractivity contribution is 5.37. The Labute approximate surface area is 237 Å². The SMILES string of the molecule is CCCCCCCCOC1=C(C)C(C)C(O)C=C1CCC(C)CCCC(C)=CCCC(C)(O)CCCCC. The maximum atomic E-state index is 10.6. The molecule has 1 rings (SSSR count). The molecule has 0 bridgehead atoms. The van der Waals surface area contributed by atoms with Gasteiger partial charge in [-0.2, -0.15) is 0 Å². The Bertz CT molecular complexity index is 715. The third kappa shape index (κ3) is 14.9. The van der Waals surface area contributed by atoms with Gasteiger partial charge >= 0.3 is 0 Å². The Balaban J connectivity index is 2.41. The molecule has 0 amide bonds. The fourth-order valence-corrected chi connectivity index (χ4v) is 5.49. The van der Waals surface area contributed by atoms with Gasteiger partial charge in [-0.3, -0.25) is 0 Å². The molecule has 222 valence electrons. The van der Waals surface area contributed by atoms with Crippen molar-refractivity contribution in [3.8, 4) is 0 Å². The fraction of sp³-hybridized carbons (Fsp3) is 0.829. The average molecular weight is 533 g/mol. The Hall–Kier alpha value is -1.06. The Kier molecular flexibility index (Phi) is 18.3. The summed E-state index contributed by atoms with van der Waals surface area (Å²) >= 11 is 0. The predicted octanol–water partition coefficient (Wildman–Crippen LogP) is 10.2. The summed E-state index contributed by atoms with van der Waals surface area (Å²) in [7, 11) is 0. The van der Waals surface area contributed by atoms with E-state index in [2.05, 4.69) is 53.7 Å². The van der Waals surface area contributed by atoms with Crippen LogP contribution >= 0.6 is 0 Å². The molecular weight excluding hydrogens is 468 g/mol. The van der Waals surface area contributed by atoms with Crippen molar-refractivity contribution >= 4 is 0 Å². The molecule has 0 spiro atoms. The van der Waals surface area contributed by atoms with Crippen LogP contribution in [-0.2, 0) is 4.74 Å². The summed E-state index contributed by atoms with van der Waals surface area (Å²) in [6, 6.07) is 0. The monoisotopic (exact) mass is 532 g/mol. The maximum Gasteiger partial charge on any atom is 0.121 e. The lowest BCUT2D eigenvalue weighted by molar-refractivity contribution is 0.0403. The minimum absolute atomic E-state index is 0.130. The number of ether oxygens (including phenoxy) is 1. The maximum absolute atomic E-state index is 10.6. The van der Waals surface area contributed by atoms with Crippen LogP contribution in [-0.4, -0.2) is 28.5 Å². The van der Waals surface area contributed by atoms with Crippen LogP contribution in [0.25, 0.3) is 0 Å². The van der Waals surface area contributed by atoms with Gasteiger partial charge in [-0.05, 0) is 95.3 Å². The highest BCUT2D eigenvalue weighted by Crippen LogP contribution is 2.34. The molecule has 0 fully saturated rings.